The summed E-state index contributed by atoms with van der Waals surface area (Å²) in [6.45, 7) is 0.413. The van der Waals surface area contributed by atoms with Crippen molar-refractivity contribution in [3.05, 3.63) is 93.9 Å². The number of hydrogen-bond acceptors (Lipinski definition) is 7. The zero-order valence-corrected chi connectivity index (χ0v) is 20.3. The second-order valence-corrected chi connectivity index (χ2v) is 9.74. The number of benzene rings is 3. The van der Waals surface area contributed by atoms with Gasteiger partial charge >= 0.3 is 0 Å². The number of carbonyl (C=O) groups excluding carboxylic acids is 1. The number of hydrogen-bond donors (Lipinski definition) is 1. The first-order valence-corrected chi connectivity index (χ1v) is 12.3. The molecule has 3 aromatic rings. The van der Waals surface area contributed by atoms with E-state index in [-0.39, 0.29) is 5.91 Å². The molecule has 8 heteroatoms. The molecular formula is C26H21N5OS2. The molecule has 0 radical (unpaired) electrons. The second kappa shape index (κ2) is 9.29. The highest BCUT2D eigenvalue weighted by Crippen LogP contribution is 2.50. The maximum atomic E-state index is 13.7. The van der Waals surface area contributed by atoms with Crippen molar-refractivity contribution in [3.63, 3.8) is 0 Å². The molecule has 2 heterocycles. The molecule has 0 aliphatic carbocycles. The average Bonchev–Trinajstić information content (AvgIpc) is 3.36. The molecule has 6 nitrogen and oxygen atoms in total. The fourth-order valence-electron chi connectivity index (χ4n) is 3.83. The van der Waals surface area contributed by atoms with Gasteiger partial charge in [-0.3, -0.25) is 9.69 Å². The Kier molecular flexibility index (Phi) is 6.05. The number of amides is 1. The Morgan fingerprint density at radius 1 is 1.03 bits per heavy atom. The van der Waals surface area contributed by atoms with Crippen molar-refractivity contribution in [2.45, 2.75) is 11.4 Å². The summed E-state index contributed by atoms with van der Waals surface area (Å²) in [6, 6.07) is 25.5. The van der Waals surface area contributed by atoms with Crippen molar-refractivity contribution >= 4 is 51.7 Å². The first-order valence-electron chi connectivity index (χ1n) is 10.7. The van der Waals surface area contributed by atoms with Gasteiger partial charge in [-0.2, -0.15) is 5.26 Å². The van der Waals surface area contributed by atoms with Crippen molar-refractivity contribution in [1.82, 2.24) is 4.90 Å². The Labute approximate surface area is 207 Å². The van der Waals surface area contributed by atoms with Crippen LogP contribution in [-0.2, 0) is 11.3 Å². The first-order chi connectivity index (χ1) is 16.6. The van der Waals surface area contributed by atoms with E-state index in [0.29, 0.717) is 27.9 Å². The third kappa shape index (κ3) is 4.04. The van der Waals surface area contributed by atoms with Crippen molar-refractivity contribution < 1.29 is 4.79 Å². The molecule has 34 heavy (non-hydrogen) atoms. The van der Waals surface area contributed by atoms with Crippen molar-refractivity contribution in [2.75, 3.05) is 24.3 Å². The van der Waals surface area contributed by atoms with Crippen molar-refractivity contribution in [1.29, 1.82) is 5.26 Å². The van der Waals surface area contributed by atoms with Gasteiger partial charge in [0.1, 0.15) is 4.91 Å². The maximum Gasteiger partial charge on any atom is 0.269 e. The molecule has 0 saturated carbocycles. The Morgan fingerprint density at radius 3 is 2.53 bits per heavy atom. The number of fused-ring (bicyclic) bond motifs is 1. The third-order valence-corrected chi connectivity index (χ3v) is 8.02. The molecule has 168 valence electrons. The number of carbonyl (C=O) groups is 1. The van der Waals surface area contributed by atoms with E-state index in [4.69, 9.17) is 4.99 Å². The number of amidine groups is 1. The van der Waals surface area contributed by atoms with Gasteiger partial charge in [0, 0.05) is 19.0 Å². The highest BCUT2D eigenvalue weighted by atomic mass is 32.2. The van der Waals surface area contributed by atoms with Gasteiger partial charge in [-0.1, -0.05) is 54.2 Å². The number of para-hydroxylation sites is 1. The van der Waals surface area contributed by atoms with Gasteiger partial charge in [0.05, 0.1) is 40.3 Å². The lowest BCUT2D eigenvalue weighted by Gasteiger charge is -2.17. The monoisotopic (exact) mass is 483 g/mol. The molecule has 2 aliphatic heterocycles. The molecule has 3 aromatic carbocycles. The SMILES string of the molecule is CNc1ccc(C#N)cc1N=C1SC(=C2Sc3ccccc3N2C)C(=O)N1Cc1ccccc1. The van der Waals surface area contributed by atoms with E-state index in [1.54, 1.807) is 28.8 Å². The fraction of sp³-hybridized carbons (Fsp3) is 0.115. The minimum Gasteiger partial charge on any atom is -0.386 e. The van der Waals surface area contributed by atoms with E-state index >= 15 is 0 Å². The Bertz CT molecular complexity index is 1380. The van der Waals surface area contributed by atoms with Gasteiger partial charge in [0.2, 0.25) is 0 Å². The lowest BCUT2D eigenvalue weighted by molar-refractivity contribution is -0.122. The minimum absolute atomic E-state index is 0.0720. The highest BCUT2D eigenvalue weighted by molar-refractivity contribution is 8.19. The van der Waals surface area contributed by atoms with E-state index in [9.17, 15) is 10.1 Å². The van der Waals surface area contributed by atoms with Crippen molar-refractivity contribution in [2.24, 2.45) is 4.99 Å². The Hall–Kier alpha value is -3.67. The molecule has 1 saturated heterocycles. The summed E-state index contributed by atoms with van der Waals surface area (Å²) < 4.78 is 0. The summed E-state index contributed by atoms with van der Waals surface area (Å²) in [4.78, 5) is 24.2. The van der Waals surface area contributed by atoms with Crippen LogP contribution in [0.2, 0.25) is 0 Å². The van der Waals surface area contributed by atoms with Crippen LogP contribution in [0.1, 0.15) is 11.1 Å². The number of nitrogens with zero attached hydrogens (tertiary/aromatic N) is 4. The third-order valence-electron chi connectivity index (χ3n) is 5.59. The normalized spacial score (nSPS) is 18.4. The smallest absolute Gasteiger partial charge is 0.269 e. The van der Waals surface area contributed by atoms with Crippen LogP contribution in [-0.4, -0.2) is 30.1 Å². The van der Waals surface area contributed by atoms with Gasteiger partial charge in [-0.05, 0) is 47.7 Å². The molecule has 1 fully saturated rings. The molecule has 0 bridgehead atoms. The van der Waals surface area contributed by atoms with E-state index in [2.05, 4.69) is 28.4 Å². The molecule has 0 aromatic heterocycles. The van der Waals surface area contributed by atoms with Crippen LogP contribution in [0.15, 0.2) is 92.6 Å². The largest absolute Gasteiger partial charge is 0.386 e. The van der Waals surface area contributed by atoms with Gasteiger partial charge in [-0.25, -0.2) is 4.99 Å². The molecular weight excluding hydrogens is 462 g/mol. The topological polar surface area (TPSA) is 71.7 Å². The molecule has 0 atom stereocenters. The van der Waals surface area contributed by atoms with Crippen LogP contribution in [0.25, 0.3) is 0 Å². The summed E-state index contributed by atoms with van der Waals surface area (Å²) in [5.74, 6) is -0.0720. The lowest BCUT2D eigenvalue weighted by atomic mass is 10.2. The summed E-state index contributed by atoms with van der Waals surface area (Å²) in [5.41, 5.74) is 4.03. The summed E-state index contributed by atoms with van der Waals surface area (Å²) >= 11 is 2.98. The van der Waals surface area contributed by atoms with Crippen LogP contribution in [0.3, 0.4) is 0 Å². The number of rotatable bonds is 4. The van der Waals surface area contributed by atoms with Crippen LogP contribution in [0, 0.1) is 11.3 Å². The number of thioether (sulfide) groups is 2. The van der Waals surface area contributed by atoms with Gasteiger partial charge in [-0.15, -0.1) is 0 Å². The summed E-state index contributed by atoms with van der Waals surface area (Å²) in [6.07, 6.45) is 0. The Balaban J connectivity index is 1.60. The van der Waals surface area contributed by atoms with E-state index in [1.807, 2.05) is 62.6 Å². The maximum absolute atomic E-state index is 13.7. The molecule has 0 spiro atoms. The average molecular weight is 484 g/mol. The highest BCUT2D eigenvalue weighted by Gasteiger charge is 2.39. The molecule has 5 rings (SSSR count). The molecule has 1 amide bonds. The predicted octanol–water partition coefficient (Wildman–Crippen LogP) is 5.77. The van der Waals surface area contributed by atoms with Gasteiger partial charge < -0.3 is 10.2 Å². The van der Waals surface area contributed by atoms with Crippen LogP contribution >= 0.6 is 23.5 Å². The summed E-state index contributed by atoms with van der Waals surface area (Å²) in [5, 5.41) is 14.0. The number of aliphatic imine (C=N–C) groups is 1. The predicted molar refractivity (Wildman–Crippen MR) is 140 cm³/mol. The molecule has 0 unspecified atom stereocenters. The second-order valence-electron chi connectivity index (χ2n) is 7.73. The Morgan fingerprint density at radius 2 is 1.79 bits per heavy atom. The van der Waals surface area contributed by atoms with Crippen LogP contribution in [0.4, 0.5) is 17.1 Å². The van der Waals surface area contributed by atoms with Crippen LogP contribution < -0.4 is 10.2 Å². The standard InChI is InChI=1S/C26H21N5OS2/c1-28-19-13-12-18(15-27)14-20(19)29-26-31(16-17-8-4-3-5-9-17)24(32)23(34-26)25-30(2)21-10-6-7-11-22(21)33-25/h3-14,28H,16H2,1-2H3. The number of anilines is 2. The van der Waals surface area contributed by atoms with Gasteiger partial charge in [0.15, 0.2) is 5.17 Å². The summed E-state index contributed by atoms with van der Waals surface area (Å²) in [7, 11) is 3.80. The zero-order chi connectivity index (χ0) is 23.7. The van der Waals surface area contributed by atoms with Crippen molar-refractivity contribution in [3.8, 4) is 6.07 Å². The quantitative estimate of drug-likeness (QED) is 0.475. The number of nitrogens with one attached hydrogen (secondary N) is 1. The van der Waals surface area contributed by atoms with Gasteiger partial charge in [0.25, 0.3) is 5.91 Å². The zero-order valence-electron chi connectivity index (χ0n) is 18.6. The number of nitriles is 1. The minimum atomic E-state index is -0.0720. The van der Waals surface area contributed by atoms with E-state index < -0.39 is 0 Å². The van der Waals surface area contributed by atoms with E-state index in [1.165, 1.54) is 11.8 Å². The van der Waals surface area contributed by atoms with Crippen LogP contribution in [0.5, 0.6) is 0 Å². The van der Waals surface area contributed by atoms with E-state index in [0.717, 1.165) is 26.9 Å². The fourth-order valence-corrected chi connectivity index (χ4v) is 6.17. The lowest BCUT2D eigenvalue weighted by Crippen LogP contribution is -2.29. The molecule has 2 aliphatic rings. The first kappa shape index (κ1) is 22.1. The molecule has 1 N–H and O–H groups in total.